The van der Waals surface area contributed by atoms with E-state index in [4.69, 9.17) is 14.7 Å². The summed E-state index contributed by atoms with van der Waals surface area (Å²) in [5.41, 5.74) is 1.31. The summed E-state index contributed by atoms with van der Waals surface area (Å²) in [7, 11) is 0. The largest absolute Gasteiger partial charge is 0.454 e. The van der Waals surface area contributed by atoms with E-state index in [9.17, 15) is 22.8 Å². The molecule has 0 bridgehead atoms. The molecule has 32 heavy (non-hydrogen) atoms. The molecule has 0 radical (unpaired) electrons. The van der Waals surface area contributed by atoms with Gasteiger partial charge in [0.2, 0.25) is 18.6 Å². The zero-order chi connectivity index (χ0) is 22.9. The van der Waals surface area contributed by atoms with Crippen LogP contribution in [0.2, 0.25) is 0 Å². The van der Waals surface area contributed by atoms with Crippen molar-refractivity contribution in [3.8, 4) is 17.6 Å². The van der Waals surface area contributed by atoms with E-state index in [2.05, 4.69) is 0 Å². The number of ether oxygens (including phenoxy) is 2. The maximum absolute atomic E-state index is 13.2. The van der Waals surface area contributed by atoms with Gasteiger partial charge < -0.3 is 19.3 Å². The van der Waals surface area contributed by atoms with Gasteiger partial charge >= 0.3 is 6.18 Å². The molecule has 1 atom stereocenters. The first kappa shape index (κ1) is 21.5. The molecule has 1 saturated heterocycles. The van der Waals surface area contributed by atoms with Gasteiger partial charge in [-0.1, -0.05) is 12.1 Å². The van der Waals surface area contributed by atoms with Crippen molar-refractivity contribution in [1.82, 2.24) is 4.90 Å². The van der Waals surface area contributed by atoms with E-state index in [0.717, 1.165) is 0 Å². The van der Waals surface area contributed by atoms with Gasteiger partial charge in [-0.3, -0.25) is 9.59 Å². The Hall–Kier alpha value is -3.74. The van der Waals surface area contributed by atoms with E-state index in [1.54, 1.807) is 18.2 Å². The van der Waals surface area contributed by atoms with Crippen LogP contribution in [0.25, 0.3) is 0 Å². The lowest BCUT2D eigenvalue weighted by molar-refractivity contribution is -0.164. The molecule has 166 valence electrons. The van der Waals surface area contributed by atoms with Crippen molar-refractivity contribution in [3.63, 3.8) is 0 Å². The lowest BCUT2D eigenvalue weighted by atomic mass is 10.1. The third-order valence-electron chi connectivity index (χ3n) is 5.28. The summed E-state index contributed by atoms with van der Waals surface area (Å²) < 4.78 is 50.1. The molecule has 2 amide bonds. The Morgan fingerprint density at radius 3 is 2.56 bits per heavy atom. The van der Waals surface area contributed by atoms with Gasteiger partial charge in [0, 0.05) is 31.3 Å². The number of benzene rings is 2. The predicted molar refractivity (Wildman–Crippen MR) is 106 cm³/mol. The zero-order valence-corrected chi connectivity index (χ0v) is 16.8. The molecule has 0 aliphatic carbocycles. The number of nitriles is 1. The minimum Gasteiger partial charge on any atom is -0.454 e. The summed E-state index contributed by atoms with van der Waals surface area (Å²) in [6.45, 7) is -1.67. The highest BCUT2D eigenvalue weighted by molar-refractivity contribution is 6.00. The molecule has 1 unspecified atom stereocenters. The van der Waals surface area contributed by atoms with Crippen molar-refractivity contribution in [2.45, 2.75) is 19.1 Å². The lowest BCUT2D eigenvalue weighted by Gasteiger charge is -2.27. The van der Waals surface area contributed by atoms with Crippen LogP contribution in [0.4, 0.5) is 18.9 Å². The van der Waals surface area contributed by atoms with E-state index in [-0.39, 0.29) is 32.2 Å². The van der Waals surface area contributed by atoms with E-state index in [1.807, 2.05) is 6.07 Å². The number of nitrogens with zero attached hydrogens (tertiary/aromatic N) is 3. The summed E-state index contributed by atoms with van der Waals surface area (Å²) >= 11 is 0. The van der Waals surface area contributed by atoms with Gasteiger partial charge in [0.25, 0.3) is 0 Å². The fraction of sp³-hybridized carbons (Fsp3) is 0.318. The molecular weight excluding hydrogens is 427 g/mol. The van der Waals surface area contributed by atoms with Gasteiger partial charge in [-0.05, 0) is 29.8 Å². The minimum absolute atomic E-state index is 0.0287. The normalized spacial score (nSPS) is 17.4. The Labute approximate surface area is 181 Å². The van der Waals surface area contributed by atoms with Crippen LogP contribution in [0.5, 0.6) is 11.5 Å². The number of carbonyl (C=O) groups excluding carboxylic acids is 2. The van der Waals surface area contributed by atoms with Crippen molar-refractivity contribution in [3.05, 3.63) is 53.6 Å². The van der Waals surface area contributed by atoms with E-state index >= 15 is 0 Å². The maximum Gasteiger partial charge on any atom is 0.406 e. The first-order valence-electron chi connectivity index (χ1n) is 9.78. The molecule has 4 rings (SSSR count). The molecular formula is C22H18F3N3O4. The van der Waals surface area contributed by atoms with Crippen molar-refractivity contribution >= 4 is 17.5 Å². The topological polar surface area (TPSA) is 82.9 Å². The molecule has 2 aromatic rings. The average Bonchev–Trinajstić information content (AvgIpc) is 3.38. The Kier molecular flexibility index (Phi) is 5.65. The van der Waals surface area contributed by atoms with Crippen LogP contribution in [0.15, 0.2) is 42.5 Å². The second kappa shape index (κ2) is 8.42. The molecule has 2 aromatic carbocycles. The lowest BCUT2D eigenvalue weighted by Crippen LogP contribution is -2.42. The maximum atomic E-state index is 13.2. The van der Waals surface area contributed by atoms with Gasteiger partial charge in [-0.2, -0.15) is 18.4 Å². The second-order valence-corrected chi connectivity index (χ2v) is 7.56. The van der Waals surface area contributed by atoms with Crippen LogP contribution in [-0.4, -0.2) is 42.8 Å². The number of hydrogen-bond acceptors (Lipinski definition) is 5. The monoisotopic (exact) mass is 445 g/mol. The zero-order valence-electron chi connectivity index (χ0n) is 16.8. The predicted octanol–water partition coefficient (Wildman–Crippen LogP) is 3.23. The Morgan fingerprint density at radius 1 is 1.16 bits per heavy atom. The molecule has 0 spiro atoms. The van der Waals surface area contributed by atoms with Crippen LogP contribution in [-0.2, 0) is 16.1 Å². The molecule has 2 aliphatic heterocycles. The van der Waals surface area contributed by atoms with Crippen molar-refractivity contribution in [2.24, 2.45) is 5.92 Å². The van der Waals surface area contributed by atoms with Gasteiger partial charge in [0.05, 0.1) is 17.6 Å². The van der Waals surface area contributed by atoms with Gasteiger partial charge in [0.1, 0.15) is 6.54 Å². The number of fused-ring (bicyclic) bond motifs is 1. The summed E-state index contributed by atoms with van der Waals surface area (Å²) in [6.07, 6.45) is -4.78. The fourth-order valence-corrected chi connectivity index (χ4v) is 3.77. The Balaban J connectivity index is 1.51. The number of anilines is 1. The van der Waals surface area contributed by atoms with Crippen molar-refractivity contribution in [2.75, 3.05) is 24.8 Å². The summed E-state index contributed by atoms with van der Waals surface area (Å²) in [4.78, 5) is 27.7. The summed E-state index contributed by atoms with van der Waals surface area (Å²) in [5, 5.41) is 8.88. The van der Waals surface area contributed by atoms with Crippen molar-refractivity contribution in [1.29, 1.82) is 5.26 Å². The second-order valence-electron chi connectivity index (χ2n) is 7.56. The minimum atomic E-state index is -4.60. The SMILES string of the molecule is N#Cc1ccc(CN(CC(F)(F)F)C(=O)C2CC(=O)N(c3ccc4c(c3)OCO4)C2)cc1. The quantitative estimate of drug-likeness (QED) is 0.706. The summed E-state index contributed by atoms with van der Waals surface area (Å²) in [5.74, 6) is -1.01. The third-order valence-corrected chi connectivity index (χ3v) is 5.28. The van der Waals surface area contributed by atoms with Crippen LogP contribution in [0.1, 0.15) is 17.5 Å². The van der Waals surface area contributed by atoms with E-state index in [1.165, 1.54) is 29.2 Å². The highest BCUT2D eigenvalue weighted by Crippen LogP contribution is 2.37. The Morgan fingerprint density at radius 2 is 1.88 bits per heavy atom. The van der Waals surface area contributed by atoms with E-state index in [0.29, 0.717) is 33.2 Å². The molecule has 2 heterocycles. The fourth-order valence-electron chi connectivity index (χ4n) is 3.77. The number of halogens is 3. The number of rotatable bonds is 5. The highest BCUT2D eigenvalue weighted by atomic mass is 19.4. The first-order valence-corrected chi connectivity index (χ1v) is 9.78. The molecule has 1 fully saturated rings. The average molecular weight is 445 g/mol. The third kappa shape index (κ3) is 4.61. The molecule has 10 heteroatoms. The number of hydrogen-bond donors (Lipinski definition) is 0. The number of amides is 2. The first-order chi connectivity index (χ1) is 15.2. The molecule has 2 aliphatic rings. The molecule has 7 nitrogen and oxygen atoms in total. The van der Waals surface area contributed by atoms with E-state index < -0.39 is 24.5 Å². The smallest absolute Gasteiger partial charge is 0.406 e. The van der Waals surface area contributed by atoms with Crippen LogP contribution in [0, 0.1) is 17.2 Å². The standard InChI is InChI=1S/C22H18F3N3O4/c23-22(24,25)12-27(10-15-3-1-14(9-26)2-4-15)21(30)16-7-20(29)28(11-16)17-5-6-18-19(8-17)32-13-31-18/h1-6,8,16H,7,10-13H2. The van der Waals surface area contributed by atoms with Crippen molar-refractivity contribution < 1.29 is 32.2 Å². The van der Waals surface area contributed by atoms with Gasteiger partial charge in [-0.25, -0.2) is 0 Å². The highest BCUT2D eigenvalue weighted by Gasteiger charge is 2.41. The Bertz CT molecular complexity index is 1080. The molecule has 0 N–H and O–H groups in total. The van der Waals surface area contributed by atoms with Crippen LogP contribution >= 0.6 is 0 Å². The van der Waals surface area contributed by atoms with Crippen LogP contribution < -0.4 is 14.4 Å². The number of carbonyl (C=O) groups is 2. The molecule has 0 saturated carbocycles. The molecule has 0 aromatic heterocycles. The van der Waals surface area contributed by atoms with Gasteiger partial charge in [0.15, 0.2) is 11.5 Å². The van der Waals surface area contributed by atoms with Gasteiger partial charge in [-0.15, -0.1) is 0 Å². The number of alkyl halides is 3. The summed E-state index contributed by atoms with van der Waals surface area (Å²) in [6, 6.07) is 12.8. The van der Waals surface area contributed by atoms with Crippen LogP contribution in [0.3, 0.4) is 0 Å².